The molecule has 4 nitrogen and oxygen atoms in total. The highest BCUT2D eigenvalue weighted by Gasteiger charge is 2.19. The Balaban J connectivity index is 1.40. The molecule has 1 N–H and O–H groups in total. The van der Waals surface area contributed by atoms with Crippen molar-refractivity contribution in [1.82, 2.24) is 5.43 Å². The predicted octanol–water partition coefficient (Wildman–Crippen LogP) is 5.09. The summed E-state index contributed by atoms with van der Waals surface area (Å²) in [5, 5.41) is 4.11. The zero-order valence-corrected chi connectivity index (χ0v) is 16.8. The number of nitrogens with zero attached hydrogens (tertiary/aromatic N) is 2. The van der Waals surface area contributed by atoms with Crippen LogP contribution in [0.3, 0.4) is 0 Å². The van der Waals surface area contributed by atoms with Gasteiger partial charge >= 0.3 is 0 Å². The molecule has 3 aromatic rings. The second kappa shape index (κ2) is 8.31. The van der Waals surface area contributed by atoms with Crippen molar-refractivity contribution in [2.45, 2.75) is 32.9 Å². The summed E-state index contributed by atoms with van der Waals surface area (Å²) in [7, 11) is 0. The van der Waals surface area contributed by atoms with E-state index in [4.69, 9.17) is 0 Å². The van der Waals surface area contributed by atoms with Crippen LogP contribution in [0.5, 0.6) is 0 Å². The van der Waals surface area contributed by atoms with Crippen molar-refractivity contribution >= 4 is 17.8 Å². The first-order chi connectivity index (χ1) is 14.1. The molecule has 0 aromatic heterocycles. The minimum absolute atomic E-state index is 0.210. The molecule has 0 spiro atoms. The third-order valence-electron chi connectivity index (χ3n) is 5.30. The van der Waals surface area contributed by atoms with Gasteiger partial charge in [-0.15, -0.1) is 0 Å². The summed E-state index contributed by atoms with van der Waals surface area (Å²) in [5.74, 6) is 0.287. The topological polar surface area (TPSA) is 44.7 Å². The minimum Gasteiger partial charge on any atom is -0.363 e. The van der Waals surface area contributed by atoms with E-state index in [1.165, 1.54) is 16.7 Å². The van der Waals surface area contributed by atoms with Crippen LogP contribution in [0.1, 0.15) is 52.4 Å². The van der Waals surface area contributed by atoms with E-state index < -0.39 is 0 Å². The summed E-state index contributed by atoms with van der Waals surface area (Å²) in [5.41, 5.74) is 9.20. The molecule has 29 heavy (non-hydrogen) atoms. The summed E-state index contributed by atoms with van der Waals surface area (Å²) < 4.78 is 0. The Hall–Kier alpha value is -3.40. The molecule has 0 saturated heterocycles. The van der Waals surface area contributed by atoms with Gasteiger partial charge in [0.15, 0.2) is 0 Å². The maximum atomic E-state index is 12.5. The number of hydrazone groups is 1. The van der Waals surface area contributed by atoms with E-state index in [2.05, 4.69) is 65.7 Å². The standard InChI is InChI=1S/C25H25N3O/c1-18(2)20-12-10-19(11-13-20)15-26-27-25(29)21-8-5-9-24(14-21)28-16-22-6-3-4-7-23(22)17-28/h3-15,18H,16-17H2,1-2H3,(H,27,29)/b26-15-. The number of carbonyl (C=O) groups is 1. The van der Waals surface area contributed by atoms with Gasteiger partial charge in [0.25, 0.3) is 5.91 Å². The van der Waals surface area contributed by atoms with E-state index in [0.29, 0.717) is 11.5 Å². The smallest absolute Gasteiger partial charge is 0.271 e. The van der Waals surface area contributed by atoms with Crippen LogP contribution in [-0.2, 0) is 13.1 Å². The average Bonchev–Trinajstić information content (AvgIpc) is 3.18. The number of amides is 1. The molecule has 1 heterocycles. The maximum Gasteiger partial charge on any atom is 0.271 e. The normalized spacial score (nSPS) is 13.1. The van der Waals surface area contributed by atoms with Crippen LogP contribution in [-0.4, -0.2) is 12.1 Å². The quantitative estimate of drug-likeness (QED) is 0.492. The number of fused-ring (bicyclic) bond motifs is 1. The lowest BCUT2D eigenvalue weighted by Crippen LogP contribution is -2.19. The van der Waals surface area contributed by atoms with Crippen LogP contribution in [0.15, 0.2) is 77.9 Å². The Morgan fingerprint density at radius 3 is 2.31 bits per heavy atom. The molecule has 0 radical (unpaired) electrons. The van der Waals surface area contributed by atoms with E-state index in [9.17, 15) is 4.79 Å². The highest BCUT2D eigenvalue weighted by molar-refractivity contribution is 5.95. The first-order valence-corrected chi connectivity index (χ1v) is 9.95. The highest BCUT2D eigenvalue weighted by Crippen LogP contribution is 2.28. The van der Waals surface area contributed by atoms with Crippen LogP contribution in [0.2, 0.25) is 0 Å². The van der Waals surface area contributed by atoms with Gasteiger partial charge < -0.3 is 4.90 Å². The molecule has 146 valence electrons. The number of rotatable bonds is 5. The number of carbonyl (C=O) groups excluding carboxylic acids is 1. The van der Waals surface area contributed by atoms with E-state index >= 15 is 0 Å². The van der Waals surface area contributed by atoms with Crippen LogP contribution >= 0.6 is 0 Å². The SMILES string of the molecule is CC(C)c1ccc(/C=N\NC(=O)c2cccc(N3Cc4ccccc4C3)c2)cc1. The summed E-state index contributed by atoms with van der Waals surface area (Å²) in [6, 6.07) is 24.4. The molecule has 1 amide bonds. The number of hydrogen-bond acceptors (Lipinski definition) is 3. The van der Waals surface area contributed by atoms with Gasteiger partial charge in [0.1, 0.15) is 0 Å². The molecule has 4 rings (SSSR count). The van der Waals surface area contributed by atoms with Crippen LogP contribution < -0.4 is 10.3 Å². The van der Waals surface area contributed by atoms with Crippen molar-refractivity contribution in [2.75, 3.05) is 4.90 Å². The fraction of sp³-hybridized carbons (Fsp3) is 0.200. The number of nitrogens with one attached hydrogen (secondary N) is 1. The molecule has 0 aliphatic carbocycles. The fourth-order valence-corrected chi connectivity index (χ4v) is 3.56. The van der Waals surface area contributed by atoms with Crippen molar-refractivity contribution < 1.29 is 4.79 Å². The molecular formula is C25H25N3O. The minimum atomic E-state index is -0.210. The molecule has 0 bridgehead atoms. The zero-order valence-electron chi connectivity index (χ0n) is 16.8. The molecule has 3 aromatic carbocycles. The molecule has 1 aliphatic rings. The van der Waals surface area contributed by atoms with E-state index in [1.807, 2.05) is 36.4 Å². The van der Waals surface area contributed by atoms with Gasteiger partial charge in [-0.2, -0.15) is 5.10 Å². The number of anilines is 1. The van der Waals surface area contributed by atoms with Gasteiger partial charge in [-0.05, 0) is 46.4 Å². The molecule has 0 fully saturated rings. The lowest BCUT2D eigenvalue weighted by molar-refractivity contribution is 0.0955. The van der Waals surface area contributed by atoms with Crippen molar-refractivity contribution in [1.29, 1.82) is 0 Å². The third kappa shape index (κ3) is 4.37. The first kappa shape index (κ1) is 18.9. The molecule has 4 heteroatoms. The molecule has 0 unspecified atom stereocenters. The van der Waals surface area contributed by atoms with Gasteiger partial charge in [-0.1, -0.05) is 68.4 Å². The van der Waals surface area contributed by atoms with Crippen molar-refractivity contribution in [3.05, 3.63) is 101 Å². The van der Waals surface area contributed by atoms with E-state index in [-0.39, 0.29) is 5.91 Å². The Labute approximate surface area is 171 Å². The van der Waals surface area contributed by atoms with Gasteiger partial charge in [-0.3, -0.25) is 4.79 Å². The van der Waals surface area contributed by atoms with Gasteiger partial charge in [0, 0.05) is 24.3 Å². The third-order valence-corrected chi connectivity index (χ3v) is 5.30. The lowest BCUT2D eigenvalue weighted by atomic mass is 10.0. The Morgan fingerprint density at radius 2 is 1.66 bits per heavy atom. The molecule has 0 atom stereocenters. The molecule has 0 saturated carbocycles. The van der Waals surface area contributed by atoms with Crippen LogP contribution in [0.4, 0.5) is 5.69 Å². The highest BCUT2D eigenvalue weighted by atomic mass is 16.2. The second-order valence-electron chi connectivity index (χ2n) is 7.70. The molecule has 1 aliphatic heterocycles. The van der Waals surface area contributed by atoms with Gasteiger partial charge in [0.2, 0.25) is 0 Å². The zero-order chi connectivity index (χ0) is 20.2. The summed E-state index contributed by atoms with van der Waals surface area (Å²) in [4.78, 5) is 14.8. The summed E-state index contributed by atoms with van der Waals surface area (Å²) >= 11 is 0. The molecular weight excluding hydrogens is 358 g/mol. The fourth-order valence-electron chi connectivity index (χ4n) is 3.56. The number of hydrogen-bond donors (Lipinski definition) is 1. The van der Waals surface area contributed by atoms with Crippen molar-refractivity contribution in [2.24, 2.45) is 5.10 Å². The van der Waals surface area contributed by atoms with Gasteiger partial charge in [0.05, 0.1) is 6.21 Å². The summed E-state index contributed by atoms with van der Waals surface area (Å²) in [6.07, 6.45) is 1.67. The van der Waals surface area contributed by atoms with Gasteiger partial charge in [-0.25, -0.2) is 5.43 Å². The van der Waals surface area contributed by atoms with Crippen molar-refractivity contribution in [3.63, 3.8) is 0 Å². The monoisotopic (exact) mass is 383 g/mol. The van der Waals surface area contributed by atoms with Crippen LogP contribution in [0, 0.1) is 0 Å². The Kier molecular flexibility index (Phi) is 5.43. The second-order valence-corrected chi connectivity index (χ2v) is 7.70. The Bertz CT molecular complexity index is 1010. The average molecular weight is 383 g/mol. The Morgan fingerprint density at radius 1 is 0.966 bits per heavy atom. The summed E-state index contributed by atoms with van der Waals surface area (Å²) in [6.45, 7) is 6.06. The van der Waals surface area contributed by atoms with E-state index in [0.717, 1.165) is 24.3 Å². The largest absolute Gasteiger partial charge is 0.363 e. The number of benzene rings is 3. The van der Waals surface area contributed by atoms with Crippen LogP contribution in [0.25, 0.3) is 0 Å². The first-order valence-electron chi connectivity index (χ1n) is 9.95. The maximum absolute atomic E-state index is 12.5. The predicted molar refractivity (Wildman–Crippen MR) is 118 cm³/mol. The van der Waals surface area contributed by atoms with E-state index in [1.54, 1.807) is 6.21 Å². The lowest BCUT2D eigenvalue weighted by Gasteiger charge is -2.18. The van der Waals surface area contributed by atoms with Crippen molar-refractivity contribution in [3.8, 4) is 0 Å².